The van der Waals surface area contributed by atoms with Crippen molar-refractivity contribution >= 4 is 22.7 Å². The molecule has 8 heteroatoms. The number of hydrogen-bond donors (Lipinski definition) is 4. The maximum atomic E-state index is 12.9. The number of carbonyl (C=O) groups excluding carboxylic acids is 1. The number of phenols is 1. The standard InChI is InChI=1S/C33H31NO6S/c35-18-31-32(38)29(37)17-30(40-31)23-8-6-22(7-9-23)24-12-15-26(28(36)16-24)27-19-41-33(39)34(27)25-13-10-21(11-14-25)20-4-2-1-3-5-20/h1-16,27,29-32,35-38H,17-19H2/t27?,29?,30?,31?,32-/m0/s1. The average Bonchev–Trinajstić information content (AvgIpc) is 3.39. The first-order valence-corrected chi connectivity index (χ1v) is 14.6. The summed E-state index contributed by atoms with van der Waals surface area (Å²) in [6, 6.07) is 30.8. The summed E-state index contributed by atoms with van der Waals surface area (Å²) >= 11 is 1.24. The summed E-state index contributed by atoms with van der Waals surface area (Å²) in [6.07, 6.45) is -3.14. The quantitative estimate of drug-likeness (QED) is 0.236. The number of phenolic OH excluding ortho intramolecular Hbond substituents is 1. The Labute approximate surface area is 242 Å². The molecule has 2 fully saturated rings. The topological polar surface area (TPSA) is 110 Å². The lowest BCUT2D eigenvalue weighted by Gasteiger charge is -2.36. The van der Waals surface area contributed by atoms with E-state index in [0.29, 0.717) is 11.3 Å². The van der Waals surface area contributed by atoms with E-state index in [4.69, 9.17) is 4.74 Å². The summed E-state index contributed by atoms with van der Waals surface area (Å²) in [4.78, 5) is 14.7. The number of aliphatic hydroxyl groups excluding tert-OH is 3. The summed E-state index contributed by atoms with van der Waals surface area (Å²) in [5.41, 5.74) is 6.19. The predicted molar refractivity (Wildman–Crippen MR) is 160 cm³/mol. The van der Waals surface area contributed by atoms with Gasteiger partial charge < -0.3 is 25.2 Å². The summed E-state index contributed by atoms with van der Waals surface area (Å²) in [7, 11) is 0. The lowest BCUT2D eigenvalue weighted by Crippen LogP contribution is -2.47. The minimum atomic E-state index is -1.12. The van der Waals surface area contributed by atoms with Crippen molar-refractivity contribution in [2.75, 3.05) is 17.3 Å². The van der Waals surface area contributed by atoms with Crippen LogP contribution in [0.3, 0.4) is 0 Å². The Bertz CT molecular complexity index is 1510. The normalized spacial score (nSPS) is 24.5. The molecular weight excluding hydrogens is 538 g/mol. The average molecular weight is 570 g/mol. The fourth-order valence-electron chi connectivity index (χ4n) is 5.60. The van der Waals surface area contributed by atoms with Crippen molar-refractivity contribution in [3.63, 3.8) is 0 Å². The van der Waals surface area contributed by atoms with Crippen molar-refractivity contribution in [3.8, 4) is 28.0 Å². The first kappa shape index (κ1) is 27.5. The van der Waals surface area contributed by atoms with Gasteiger partial charge in [-0.2, -0.15) is 0 Å². The summed E-state index contributed by atoms with van der Waals surface area (Å²) in [6.45, 7) is -0.375. The van der Waals surface area contributed by atoms with E-state index in [0.717, 1.165) is 33.5 Å². The number of benzene rings is 4. The molecule has 4 aromatic carbocycles. The molecule has 2 saturated heterocycles. The van der Waals surface area contributed by atoms with Crippen molar-refractivity contribution < 1.29 is 30.0 Å². The molecule has 0 aliphatic carbocycles. The van der Waals surface area contributed by atoms with Gasteiger partial charge in [-0.3, -0.25) is 9.69 Å². The number of anilines is 1. The molecule has 0 bridgehead atoms. The number of nitrogens with zero attached hydrogens (tertiary/aromatic N) is 1. The van der Waals surface area contributed by atoms with Crippen LogP contribution in [0.1, 0.15) is 29.7 Å². The van der Waals surface area contributed by atoms with E-state index in [-0.39, 0.29) is 30.1 Å². The largest absolute Gasteiger partial charge is 0.508 e. The van der Waals surface area contributed by atoms with Gasteiger partial charge in [-0.05, 0) is 46.0 Å². The highest BCUT2D eigenvalue weighted by atomic mass is 32.2. The number of thioether (sulfide) groups is 1. The Morgan fingerprint density at radius 2 is 1.46 bits per heavy atom. The SMILES string of the molecule is O=C1SCC(c2ccc(-c3ccc(C4CC(O)[C@H](O)C(CO)O4)cc3)cc2O)N1c1ccc(-c2ccccc2)cc1. The number of aromatic hydroxyl groups is 1. The van der Waals surface area contributed by atoms with Crippen LogP contribution < -0.4 is 4.90 Å². The fraction of sp³-hybridized carbons (Fsp3) is 0.242. The molecular formula is C33H31NO6S. The van der Waals surface area contributed by atoms with Crippen LogP contribution in [0.5, 0.6) is 5.75 Å². The van der Waals surface area contributed by atoms with Gasteiger partial charge in [0.05, 0.1) is 24.9 Å². The van der Waals surface area contributed by atoms with Crippen LogP contribution in [0.25, 0.3) is 22.3 Å². The predicted octanol–water partition coefficient (Wildman–Crippen LogP) is 5.68. The van der Waals surface area contributed by atoms with Crippen LogP contribution in [0.15, 0.2) is 97.1 Å². The Balaban J connectivity index is 1.20. The molecule has 2 aliphatic rings. The molecule has 0 saturated carbocycles. The zero-order valence-electron chi connectivity index (χ0n) is 22.2. The maximum Gasteiger partial charge on any atom is 0.286 e. The van der Waals surface area contributed by atoms with E-state index in [1.54, 1.807) is 11.0 Å². The van der Waals surface area contributed by atoms with Crippen LogP contribution in [-0.2, 0) is 4.74 Å². The van der Waals surface area contributed by atoms with Crippen molar-refractivity contribution in [1.29, 1.82) is 0 Å². The first-order valence-electron chi connectivity index (χ1n) is 13.6. The second-order valence-corrected chi connectivity index (χ2v) is 11.4. The van der Waals surface area contributed by atoms with Gasteiger partial charge in [0, 0.05) is 23.4 Å². The molecule has 7 nitrogen and oxygen atoms in total. The Hall–Kier alpha value is -3.66. The summed E-state index contributed by atoms with van der Waals surface area (Å²) < 4.78 is 5.79. The lowest BCUT2D eigenvalue weighted by molar-refractivity contribution is -0.181. The van der Waals surface area contributed by atoms with Crippen LogP contribution in [0.4, 0.5) is 10.5 Å². The third-order valence-electron chi connectivity index (χ3n) is 7.88. The summed E-state index contributed by atoms with van der Waals surface area (Å²) in [5, 5.41) is 40.7. The van der Waals surface area contributed by atoms with Gasteiger partial charge >= 0.3 is 0 Å². The van der Waals surface area contributed by atoms with Crippen molar-refractivity contribution in [1.82, 2.24) is 0 Å². The molecule has 0 spiro atoms. The minimum absolute atomic E-state index is 0.0486. The number of amides is 1. The molecule has 1 amide bonds. The number of carbonyl (C=O) groups is 1. The van der Waals surface area contributed by atoms with E-state index in [2.05, 4.69) is 0 Å². The van der Waals surface area contributed by atoms with E-state index < -0.39 is 24.4 Å². The number of rotatable bonds is 6. The van der Waals surface area contributed by atoms with Crippen molar-refractivity contribution in [2.24, 2.45) is 0 Å². The summed E-state index contributed by atoms with van der Waals surface area (Å²) in [5.74, 6) is 0.661. The van der Waals surface area contributed by atoms with Gasteiger partial charge in [0.2, 0.25) is 0 Å². The second-order valence-electron chi connectivity index (χ2n) is 10.4. The maximum absolute atomic E-state index is 12.9. The monoisotopic (exact) mass is 569 g/mol. The van der Waals surface area contributed by atoms with Gasteiger partial charge in [0.25, 0.3) is 5.24 Å². The van der Waals surface area contributed by atoms with Crippen LogP contribution >= 0.6 is 11.8 Å². The number of aliphatic hydroxyl groups is 3. The van der Waals surface area contributed by atoms with Crippen molar-refractivity contribution in [3.05, 3.63) is 108 Å². The Morgan fingerprint density at radius 3 is 2.15 bits per heavy atom. The minimum Gasteiger partial charge on any atom is -0.508 e. The van der Waals surface area contributed by atoms with E-state index in [9.17, 15) is 25.2 Å². The Morgan fingerprint density at radius 1 is 0.829 bits per heavy atom. The van der Waals surface area contributed by atoms with Gasteiger partial charge in [0.15, 0.2) is 0 Å². The van der Waals surface area contributed by atoms with Gasteiger partial charge in [-0.25, -0.2) is 0 Å². The molecule has 4 unspecified atom stereocenters. The second kappa shape index (κ2) is 11.7. The number of ether oxygens (including phenoxy) is 1. The van der Waals surface area contributed by atoms with E-state index >= 15 is 0 Å². The van der Waals surface area contributed by atoms with Crippen LogP contribution in [0.2, 0.25) is 0 Å². The molecule has 4 aromatic rings. The third-order valence-corrected chi connectivity index (χ3v) is 8.81. The molecule has 210 valence electrons. The van der Waals surface area contributed by atoms with Crippen LogP contribution in [0, 0.1) is 0 Å². The smallest absolute Gasteiger partial charge is 0.286 e. The molecule has 2 aliphatic heterocycles. The van der Waals surface area contributed by atoms with Crippen LogP contribution in [-0.4, -0.2) is 56.3 Å². The molecule has 0 radical (unpaired) electrons. The molecule has 4 N–H and O–H groups in total. The van der Waals surface area contributed by atoms with E-state index in [1.165, 1.54) is 11.8 Å². The highest BCUT2D eigenvalue weighted by molar-refractivity contribution is 8.14. The molecule has 6 rings (SSSR count). The lowest BCUT2D eigenvalue weighted by atomic mass is 9.92. The molecule has 5 atom stereocenters. The third kappa shape index (κ3) is 5.49. The Kier molecular flexibility index (Phi) is 7.84. The van der Waals surface area contributed by atoms with Gasteiger partial charge in [-0.1, -0.05) is 90.6 Å². The zero-order chi connectivity index (χ0) is 28.5. The number of hydrogen-bond acceptors (Lipinski definition) is 7. The zero-order valence-corrected chi connectivity index (χ0v) is 23.0. The van der Waals surface area contributed by atoms with Gasteiger partial charge in [0.1, 0.15) is 18.0 Å². The highest BCUT2D eigenvalue weighted by Crippen LogP contribution is 2.43. The van der Waals surface area contributed by atoms with Gasteiger partial charge in [-0.15, -0.1) is 0 Å². The highest BCUT2D eigenvalue weighted by Gasteiger charge is 2.37. The van der Waals surface area contributed by atoms with Crippen molar-refractivity contribution in [2.45, 2.75) is 36.9 Å². The molecule has 41 heavy (non-hydrogen) atoms. The first-order chi connectivity index (χ1) is 19.9. The molecule has 2 heterocycles. The molecule has 0 aromatic heterocycles. The van der Waals surface area contributed by atoms with E-state index in [1.807, 2.05) is 91.0 Å². The fourth-order valence-corrected chi connectivity index (χ4v) is 6.60.